The molecule has 1 fully saturated rings. The lowest BCUT2D eigenvalue weighted by molar-refractivity contribution is -0.138. The maximum atomic E-state index is 12.5. The summed E-state index contributed by atoms with van der Waals surface area (Å²) in [5, 5.41) is 10.3. The number of nitrogens with two attached hydrogens (primary N) is 1. The van der Waals surface area contributed by atoms with E-state index >= 15 is 0 Å². The molecule has 1 aliphatic heterocycles. The van der Waals surface area contributed by atoms with Crippen LogP contribution in [0.1, 0.15) is 38.4 Å². The lowest BCUT2D eigenvalue weighted by Gasteiger charge is -2.39. The van der Waals surface area contributed by atoms with Gasteiger partial charge in [0, 0.05) is 32.7 Å². The molecule has 1 aromatic carbocycles. The van der Waals surface area contributed by atoms with E-state index in [1.54, 1.807) is 0 Å². The number of β-amino-alcohol motifs (C(OH)–C–C–N with tert-alkyl or cyclic N) is 1. The van der Waals surface area contributed by atoms with Gasteiger partial charge in [0.25, 0.3) is 0 Å². The van der Waals surface area contributed by atoms with E-state index in [2.05, 4.69) is 4.90 Å². The van der Waals surface area contributed by atoms with Crippen molar-refractivity contribution in [1.82, 2.24) is 9.80 Å². The minimum Gasteiger partial charge on any atom is -0.387 e. The van der Waals surface area contributed by atoms with Crippen molar-refractivity contribution in [3.63, 3.8) is 0 Å². The highest BCUT2D eigenvalue weighted by molar-refractivity contribution is 5.85. The summed E-state index contributed by atoms with van der Waals surface area (Å²) in [6.07, 6.45) is 1.12. The number of nitrogens with zero attached hydrogens (tertiary/aromatic N) is 2. The summed E-state index contributed by atoms with van der Waals surface area (Å²) in [4.78, 5) is 16.6. The number of amides is 1. The standard InChI is InChI=1S/C18H29N3O2/c1-3-9-18(2,19)17(23)21-12-10-20(11-13-21)14-16(22)15-7-5-4-6-8-15/h4-8,16,22H,3,9-14,19H2,1-2H3. The summed E-state index contributed by atoms with van der Waals surface area (Å²) in [5.74, 6) is 0.0441. The molecule has 5 nitrogen and oxygen atoms in total. The summed E-state index contributed by atoms with van der Waals surface area (Å²) in [5.41, 5.74) is 6.32. The molecule has 0 saturated carbocycles. The first-order valence-corrected chi connectivity index (χ1v) is 8.47. The number of hydrogen-bond donors (Lipinski definition) is 2. The Balaban J connectivity index is 1.83. The van der Waals surface area contributed by atoms with E-state index < -0.39 is 11.6 Å². The first-order chi connectivity index (χ1) is 10.9. The van der Waals surface area contributed by atoms with Crippen LogP contribution in [0.5, 0.6) is 0 Å². The monoisotopic (exact) mass is 319 g/mol. The van der Waals surface area contributed by atoms with Gasteiger partial charge in [-0.15, -0.1) is 0 Å². The van der Waals surface area contributed by atoms with E-state index in [1.165, 1.54) is 0 Å². The van der Waals surface area contributed by atoms with Gasteiger partial charge < -0.3 is 15.7 Å². The summed E-state index contributed by atoms with van der Waals surface area (Å²) in [7, 11) is 0. The van der Waals surface area contributed by atoms with E-state index in [4.69, 9.17) is 5.73 Å². The Morgan fingerprint density at radius 2 is 1.87 bits per heavy atom. The number of carbonyl (C=O) groups excluding carboxylic acids is 1. The zero-order chi connectivity index (χ0) is 16.9. The molecule has 0 spiro atoms. The maximum Gasteiger partial charge on any atom is 0.242 e. The van der Waals surface area contributed by atoms with Gasteiger partial charge in [-0.3, -0.25) is 9.69 Å². The van der Waals surface area contributed by atoms with Crippen LogP contribution in [0.4, 0.5) is 0 Å². The molecule has 0 aromatic heterocycles. The fraction of sp³-hybridized carbons (Fsp3) is 0.611. The smallest absolute Gasteiger partial charge is 0.242 e. The molecule has 2 rings (SSSR count). The molecule has 1 saturated heterocycles. The van der Waals surface area contributed by atoms with Crippen molar-refractivity contribution < 1.29 is 9.90 Å². The van der Waals surface area contributed by atoms with Gasteiger partial charge in [0.05, 0.1) is 11.6 Å². The Morgan fingerprint density at radius 1 is 1.26 bits per heavy atom. The van der Waals surface area contributed by atoms with Crippen molar-refractivity contribution in [2.24, 2.45) is 5.73 Å². The fourth-order valence-electron chi connectivity index (χ4n) is 3.15. The molecule has 23 heavy (non-hydrogen) atoms. The molecule has 3 N–H and O–H groups in total. The van der Waals surface area contributed by atoms with Gasteiger partial charge >= 0.3 is 0 Å². The molecule has 0 bridgehead atoms. The molecular weight excluding hydrogens is 290 g/mol. The molecule has 1 aliphatic rings. The van der Waals surface area contributed by atoms with Crippen LogP contribution in [0.25, 0.3) is 0 Å². The van der Waals surface area contributed by atoms with Crippen LogP contribution < -0.4 is 5.73 Å². The highest BCUT2D eigenvalue weighted by atomic mass is 16.3. The Hall–Kier alpha value is -1.43. The van der Waals surface area contributed by atoms with Crippen molar-refractivity contribution >= 4 is 5.91 Å². The van der Waals surface area contributed by atoms with Crippen LogP contribution in [0.15, 0.2) is 30.3 Å². The predicted molar refractivity (Wildman–Crippen MR) is 91.9 cm³/mol. The minimum absolute atomic E-state index is 0.0441. The molecular formula is C18H29N3O2. The second-order valence-corrected chi connectivity index (χ2v) is 6.69. The average molecular weight is 319 g/mol. The Morgan fingerprint density at radius 3 is 2.43 bits per heavy atom. The van der Waals surface area contributed by atoms with E-state index in [1.807, 2.05) is 49.1 Å². The van der Waals surface area contributed by atoms with E-state index in [0.717, 1.165) is 25.1 Å². The molecule has 2 atom stereocenters. The number of piperazine rings is 1. The SMILES string of the molecule is CCCC(C)(N)C(=O)N1CCN(CC(O)c2ccccc2)CC1. The Bertz CT molecular complexity index is 496. The van der Waals surface area contributed by atoms with Gasteiger partial charge in [0.2, 0.25) is 5.91 Å². The van der Waals surface area contributed by atoms with Gasteiger partial charge in [-0.25, -0.2) is 0 Å². The summed E-state index contributed by atoms with van der Waals surface area (Å²) < 4.78 is 0. The highest BCUT2D eigenvalue weighted by Crippen LogP contribution is 2.17. The first-order valence-electron chi connectivity index (χ1n) is 8.47. The molecule has 0 radical (unpaired) electrons. The molecule has 128 valence electrons. The normalized spacial score (nSPS) is 20.1. The van der Waals surface area contributed by atoms with Crippen molar-refractivity contribution in [2.45, 2.75) is 38.3 Å². The van der Waals surface area contributed by atoms with Crippen LogP contribution in [0.2, 0.25) is 0 Å². The highest BCUT2D eigenvalue weighted by Gasteiger charge is 2.33. The maximum absolute atomic E-state index is 12.5. The molecule has 1 amide bonds. The third-order valence-corrected chi connectivity index (χ3v) is 4.53. The minimum atomic E-state index is -0.763. The number of aliphatic hydroxyl groups excluding tert-OH is 1. The Kier molecular flexibility index (Phi) is 6.16. The number of aliphatic hydroxyl groups is 1. The number of rotatable bonds is 6. The number of hydrogen-bond acceptors (Lipinski definition) is 4. The first kappa shape index (κ1) is 17.9. The number of carbonyl (C=O) groups is 1. The molecule has 5 heteroatoms. The average Bonchev–Trinajstić information content (AvgIpc) is 2.55. The van der Waals surface area contributed by atoms with Crippen LogP contribution in [0.3, 0.4) is 0 Å². The zero-order valence-corrected chi connectivity index (χ0v) is 14.2. The van der Waals surface area contributed by atoms with Gasteiger partial charge in [-0.05, 0) is 18.9 Å². The summed E-state index contributed by atoms with van der Waals surface area (Å²) >= 11 is 0. The topological polar surface area (TPSA) is 69.8 Å². The van der Waals surface area contributed by atoms with E-state index in [9.17, 15) is 9.90 Å². The summed E-state index contributed by atoms with van der Waals surface area (Å²) in [6.45, 7) is 7.37. The lowest BCUT2D eigenvalue weighted by atomic mass is 9.95. The second-order valence-electron chi connectivity index (χ2n) is 6.69. The van der Waals surface area contributed by atoms with Crippen molar-refractivity contribution in [2.75, 3.05) is 32.7 Å². The van der Waals surface area contributed by atoms with Crippen LogP contribution in [-0.4, -0.2) is 59.1 Å². The van der Waals surface area contributed by atoms with Crippen molar-refractivity contribution in [3.8, 4) is 0 Å². The van der Waals surface area contributed by atoms with Gasteiger partial charge in [-0.1, -0.05) is 43.7 Å². The zero-order valence-electron chi connectivity index (χ0n) is 14.2. The third-order valence-electron chi connectivity index (χ3n) is 4.53. The number of benzene rings is 1. The van der Waals surface area contributed by atoms with Gasteiger partial charge in [0.15, 0.2) is 0 Å². The van der Waals surface area contributed by atoms with Crippen LogP contribution in [0, 0.1) is 0 Å². The largest absolute Gasteiger partial charge is 0.387 e. The molecule has 1 aromatic rings. The molecule has 0 aliphatic carbocycles. The molecule has 2 unspecified atom stereocenters. The van der Waals surface area contributed by atoms with Gasteiger partial charge in [-0.2, -0.15) is 0 Å². The quantitative estimate of drug-likeness (QED) is 0.831. The van der Waals surface area contributed by atoms with Crippen LogP contribution in [-0.2, 0) is 4.79 Å². The van der Waals surface area contributed by atoms with Crippen molar-refractivity contribution in [1.29, 1.82) is 0 Å². The fourth-order valence-corrected chi connectivity index (χ4v) is 3.15. The summed E-state index contributed by atoms with van der Waals surface area (Å²) in [6, 6.07) is 9.70. The van der Waals surface area contributed by atoms with Crippen molar-refractivity contribution in [3.05, 3.63) is 35.9 Å². The van der Waals surface area contributed by atoms with Gasteiger partial charge in [0.1, 0.15) is 0 Å². The van der Waals surface area contributed by atoms with E-state index in [-0.39, 0.29) is 5.91 Å². The lowest BCUT2D eigenvalue weighted by Crippen LogP contribution is -2.58. The van der Waals surface area contributed by atoms with Crippen LogP contribution >= 0.6 is 0 Å². The predicted octanol–water partition coefficient (Wildman–Crippen LogP) is 1.38. The Labute approximate surface area is 139 Å². The molecule has 1 heterocycles. The third kappa shape index (κ3) is 4.77. The second kappa shape index (κ2) is 7.90. The van der Waals surface area contributed by atoms with E-state index in [0.29, 0.717) is 26.1 Å².